The van der Waals surface area contributed by atoms with Gasteiger partial charge in [0.1, 0.15) is 5.75 Å². The molecule has 0 radical (unpaired) electrons. The highest BCUT2D eigenvalue weighted by molar-refractivity contribution is 7.20. The van der Waals surface area contributed by atoms with Crippen LogP contribution >= 0.6 is 11.3 Å². The Hall–Kier alpha value is -2.51. The van der Waals surface area contributed by atoms with E-state index in [0.29, 0.717) is 10.6 Å². The van der Waals surface area contributed by atoms with E-state index in [-0.39, 0.29) is 5.91 Å². The number of likely N-dealkylation sites (tertiary alicyclic amines) is 2. The van der Waals surface area contributed by atoms with E-state index in [1.807, 2.05) is 29.2 Å². The number of hydrogen-bond acceptors (Lipinski definition) is 6. The number of pyridine rings is 1. The van der Waals surface area contributed by atoms with Crippen molar-refractivity contribution in [2.75, 3.05) is 26.2 Å². The predicted octanol–water partition coefficient (Wildman–Crippen LogP) is 4.71. The number of aromatic nitrogens is 2. The molecule has 5 rings (SSSR count). The maximum atomic E-state index is 11.6. The minimum atomic E-state index is 0.222. The molecule has 162 valence electrons. The molecular formula is C24H28N4O2S. The lowest BCUT2D eigenvalue weighted by Crippen LogP contribution is -2.47. The second-order valence-electron chi connectivity index (χ2n) is 8.83. The van der Waals surface area contributed by atoms with Gasteiger partial charge in [-0.1, -0.05) is 23.5 Å². The zero-order valence-corrected chi connectivity index (χ0v) is 18.7. The number of amides is 1. The standard InChI is InChI=1S/C24H28N4O2S/c1-18(29)28-15-10-24(11-16-28)8-13-27(14-9-24)17-19-4-6-20(7-5-19)30-23-26-22-21(31-23)3-2-12-25-22/h2-7,12H,8-11,13-17H2,1H3. The van der Waals surface area contributed by atoms with Crippen LogP contribution in [0.3, 0.4) is 0 Å². The number of nitrogens with zero attached hydrogens (tertiary/aromatic N) is 4. The zero-order chi connectivity index (χ0) is 21.3. The molecule has 2 aliphatic rings. The minimum Gasteiger partial charge on any atom is -0.431 e. The fourth-order valence-corrected chi connectivity index (χ4v) is 5.59. The Morgan fingerprint density at radius 2 is 1.77 bits per heavy atom. The first-order chi connectivity index (χ1) is 15.1. The molecule has 1 amide bonds. The summed E-state index contributed by atoms with van der Waals surface area (Å²) in [5, 5.41) is 0.624. The number of fused-ring (bicyclic) bond motifs is 1. The third-order valence-corrected chi connectivity index (χ3v) is 7.75. The maximum Gasteiger partial charge on any atom is 0.281 e. The molecule has 7 heteroatoms. The third-order valence-electron chi connectivity index (χ3n) is 6.87. The van der Waals surface area contributed by atoms with Gasteiger partial charge in [-0.2, -0.15) is 4.98 Å². The summed E-state index contributed by atoms with van der Waals surface area (Å²) in [5.74, 6) is 1.03. The number of rotatable bonds is 4. The minimum absolute atomic E-state index is 0.222. The highest BCUT2D eigenvalue weighted by atomic mass is 32.1. The van der Waals surface area contributed by atoms with Gasteiger partial charge in [0.25, 0.3) is 5.19 Å². The van der Waals surface area contributed by atoms with Crippen molar-refractivity contribution in [3.05, 3.63) is 48.2 Å². The Bertz CT molecular complexity index is 1010. The van der Waals surface area contributed by atoms with Crippen molar-refractivity contribution in [1.82, 2.24) is 19.8 Å². The number of carbonyl (C=O) groups excluding carboxylic acids is 1. The van der Waals surface area contributed by atoms with Gasteiger partial charge in [0.15, 0.2) is 5.65 Å². The fourth-order valence-electron chi connectivity index (χ4n) is 4.80. The average Bonchev–Trinajstić information content (AvgIpc) is 3.19. The number of carbonyl (C=O) groups is 1. The molecule has 0 N–H and O–H groups in total. The van der Waals surface area contributed by atoms with Gasteiger partial charge in [-0.25, -0.2) is 4.98 Å². The lowest BCUT2D eigenvalue weighted by molar-refractivity contribution is -0.131. The summed E-state index contributed by atoms with van der Waals surface area (Å²) in [6.07, 6.45) is 6.55. The molecule has 2 fully saturated rings. The van der Waals surface area contributed by atoms with E-state index in [1.165, 1.54) is 29.7 Å². The molecule has 0 atom stereocenters. The van der Waals surface area contributed by atoms with E-state index in [4.69, 9.17) is 4.74 Å². The first-order valence-corrected chi connectivity index (χ1v) is 11.9. The zero-order valence-electron chi connectivity index (χ0n) is 17.9. The normalized spacial score (nSPS) is 19.1. The number of hydrogen-bond donors (Lipinski definition) is 0. The predicted molar refractivity (Wildman–Crippen MR) is 122 cm³/mol. The molecule has 0 aliphatic carbocycles. The van der Waals surface area contributed by atoms with Crippen molar-refractivity contribution in [3.8, 4) is 10.9 Å². The second-order valence-corrected chi connectivity index (χ2v) is 9.83. The van der Waals surface area contributed by atoms with E-state index in [1.54, 1.807) is 13.1 Å². The van der Waals surface area contributed by atoms with Crippen LogP contribution in [0.25, 0.3) is 10.3 Å². The summed E-state index contributed by atoms with van der Waals surface area (Å²) in [6, 6.07) is 12.3. The van der Waals surface area contributed by atoms with Crippen molar-refractivity contribution >= 4 is 27.6 Å². The topological polar surface area (TPSA) is 58.6 Å². The third kappa shape index (κ3) is 4.57. The van der Waals surface area contributed by atoms with Gasteiger partial charge in [0.2, 0.25) is 5.91 Å². The molecule has 4 heterocycles. The molecule has 0 bridgehead atoms. The van der Waals surface area contributed by atoms with Gasteiger partial charge in [0, 0.05) is 32.8 Å². The quantitative estimate of drug-likeness (QED) is 0.593. The van der Waals surface area contributed by atoms with Crippen LogP contribution in [0.2, 0.25) is 0 Å². The molecule has 2 aromatic heterocycles. The molecule has 2 saturated heterocycles. The highest BCUT2D eigenvalue weighted by Crippen LogP contribution is 2.41. The Morgan fingerprint density at radius 3 is 2.45 bits per heavy atom. The number of benzene rings is 1. The Kier molecular flexibility index (Phi) is 5.63. The molecular weight excluding hydrogens is 408 g/mol. The smallest absolute Gasteiger partial charge is 0.281 e. The van der Waals surface area contributed by atoms with Gasteiger partial charge in [-0.15, -0.1) is 0 Å². The number of ether oxygens (including phenoxy) is 1. The molecule has 0 unspecified atom stereocenters. The van der Waals surface area contributed by atoms with Crippen molar-refractivity contribution in [2.24, 2.45) is 5.41 Å². The van der Waals surface area contributed by atoms with E-state index in [0.717, 1.165) is 61.7 Å². The molecule has 6 nitrogen and oxygen atoms in total. The lowest BCUT2D eigenvalue weighted by atomic mass is 9.71. The molecule has 2 aliphatic heterocycles. The molecule has 31 heavy (non-hydrogen) atoms. The summed E-state index contributed by atoms with van der Waals surface area (Å²) in [7, 11) is 0. The lowest BCUT2D eigenvalue weighted by Gasteiger charge is -2.46. The van der Waals surface area contributed by atoms with Crippen LogP contribution in [-0.2, 0) is 11.3 Å². The van der Waals surface area contributed by atoms with Crippen molar-refractivity contribution in [3.63, 3.8) is 0 Å². The summed E-state index contributed by atoms with van der Waals surface area (Å²) in [5.41, 5.74) is 2.49. The van der Waals surface area contributed by atoms with Gasteiger partial charge in [-0.05, 0) is 74.0 Å². The van der Waals surface area contributed by atoms with Crippen LogP contribution in [-0.4, -0.2) is 51.9 Å². The van der Waals surface area contributed by atoms with E-state index < -0.39 is 0 Å². The Balaban J connectivity index is 1.13. The maximum absolute atomic E-state index is 11.6. The molecule has 1 spiro atoms. The second kappa shape index (κ2) is 8.55. The van der Waals surface area contributed by atoms with E-state index >= 15 is 0 Å². The largest absolute Gasteiger partial charge is 0.431 e. The first-order valence-electron chi connectivity index (χ1n) is 11.0. The van der Waals surface area contributed by atoms with Crippen LogP contribution in [0, 0.1) is 5.41 Å². The summed E-state index contributed by atoms with van der Waals surface area (Å²) >= 11 is 1.51. The van der Waals surface area contributed by atoms with Gasteiger partial charge in [0.05, 0.1) is 4.70 Å². The van der Waals surface area contributed by atoms with Crippen LogP contribution < -0.4 is 4.74 Å². The molecule has 1 aromatic carbocycles. The van der Waals surface area contributed by atoms with Crippen LogP contribution in [0.1, 0.15) is 38.2 Å². The van der Waals surface area contributed by atoms with Crippen molar-refractivity contribution < 1.29 is 9.53 Å². The number of piperidine rings is 2. The van der Waals surface area contributed by atoms with E-state index in [2.05, 4.69) is 27.0 Å². The SMILES string of the molecule is CC(=O)N1CCC2(CCN(Cc3ccc(Oc4nc5ncccc5s4)cc3)CC2)CC1. The monoisotopic (exact) mass is 436 g/mol. The Labute approximate surface area is 186 Å². The number of thiazole rings is 1. The van der Waals surface area contributed by atoms with Crippen LogP contribution in [0.15, 0.2) is 42.6 Å². The first kappa shape index (κ1) is 20.4. The Morgan fingerprint density at radius 1 is 1.06 bits per heavy atom. The van der Waals surface area contributed by atoms with Gasteiger partial charge in [-0.3, -0.25) is 9.69 Å². The summed E-state index contributed by atoms with van der Waals surface area (Å²) in [6.45, 7) is 6.80. The van der Waals surface area contributed by atoms with Crippen LogP contribution in [0.4, 0.5) is 0 Å². The van der Waals surface area contributed by atoms with Crippen molar-refractivity contribution in [1.29, 1.82) is 0 Å². The average molecular weight is 437 g/mol. The summed E-state index contributed by atoms with van der Waals surface area (Å²) in [4.78, 5) is 24.9. The highest BCUT2D eigenvalue weighted by Gasteiger charge is 2.37. The van der Waals surface area contributed by atoms with Gasteiger partial charge >= 0.3 is 0 Å². The van der Waals surface area contributed by atoms with Crippen molar-refractivity contribution in [2.45, 2.75) is 39.2 Å². The van der Waals surface area contributed by atoms with Crippen LogP contribution in [0.5, 0.6) is 10.9 Å². The molecule has 3 aromatic rings. The molecule has 0 saturated carbocycles. The fraction of sp³-hybridized carbons (Fsp3) is 0.458. The van der Waals surface area contributed by atoms with E-state index in [9.17, 15) is 4.79 Å². The summed E-state index contributed by atoms with van der Waals surface area (Å²) < 4.78 is 6.97. The van der Waals surface area contributed by atoms with Gasteiger partial charge < -0.3 is 9.64 Å².